The summed E-state index contributed by atoms with van der Waals surface area (Å²) in [4.78, 5) is 22.5. The number of allylic oxidation sites excluding steroid dienone is 1. The van der Waals surface area contributed by atoms with Crippen molar-refractivity contribution < 1.29 is 14.8 Å². The number of nitro groups is 1. The molecule has 0 radical (unpaired) electrons. The van der Waals surface area contributed by atoms with Crippen LogP contribution in [0.3, 0.4) is 0 Å². The maximum atomic E-state index is 12.3. The van der Waals surface area contributed by atoms with Crippen LogP contribution in [0.5, 0.6) is 5.75 Å². The zero-order valence-corrected chi connectivity index (χ0v) is 10.9. The SMILES string of the molecule is O=C1/C(=C\c2cccc([N+](=O)[O-])c2)Cc2c(O)cccc21. The van der Waals surface area contributed by atoms with Crippen LogP contribution < -0.4 is 0 Å². The van der Waals surface area contributed by atoms with Crippen LogP contribution in [0.15, 0.2) is 48.0 Å². The Kier molecular flexibility index (Phi) is 3.02. The number of aromatic hydroxyl groups is 1. The quantitative estimate of drug-likeness (QED) is 0.521. The third kappa shape index (κ3) is 2.29. The van der Waals surface area contributed by atoms with Gasteiger partial charge < -0.3 is 5.11 Å². The van der Waals surface area contributed by atoms with Gasteiger partial charge in [-0.2, -0.15) is 0 Å². The van der Waals surface area contributed by atoms with Crippen molar-refractivity contribution >= 4 is 17.5 Å². The molecule has 5 nitrogen and oxygen atoms in total. The summed E-state index contributed by atoms with van der Waals surface area (Å²) in [5.41, 5.74) is 2.20. The second-order valence-corrected chi connectivity index (χ2v) is 4.83. The van der Waals surface area contributed by atoms with Gasteiger partial charge in [-0.25, -0.2) is 0 Å². The molecule has 21 heavy (non-hydrogen) atoms. The number of non-ortho nitro benzene ring substituents is 1. The van der Waals surface area contributed by atoms with E-state index < -0.39 is 4.92 Å². The second-order valence-electron chi connectivity index (χ2n) is 4.83. The first-order chi connectivity index (χ1) is 10.1. The third-order valence-electron chi connectivity index (χ3n) is 3.48. The summed E-state index contributed by atoms with van der Waals surface area (Å²) >= 11 is 0. The van der Waals surface area contributed by atoms with Crippen LogP contribution in [-0.4, -0.2) is 15.8 Å². The number of nitrogens with zero attached hydrogens (tertiary/aromatic N) is 1. The molecular formula is C16H11NO4. The van der Waals surface area contributed by atoms with E-state index in [4.69, 9.17) is 0 Å². The Morgan fingerprint density at radius 2 is 1.95 bits per heavy atom. The van der Waals surface area contributed by atoms with Crippen molar-refractivity contribution in [2.75, 3.05) is 0 Å². The lowest BCUT2D eigenvalue weighted by Crippen LogP contribution is -1.95. The molecule has 3 rings (SSSR count). The monoisotopic (exact) mass is 281 g/mol. The van der Waals surface area contributed by atoms with Gasteiger partial charge in [-0.15, -0.1) is 0 Å². The zero-order chi connectivity index (χ0) is 15.0. The minimum atomic E-state index is -0.473. The Morgan fingerprint density at radius 1 is 1.19 bits per heavy atom. The van der Waals surface area contributed by atoms with Gasteiger partial charge in [0.1, 0.15) is 5.75 Å². The molecule has 0 saturated heterocycles. The summed E-state index contributed by atoms with van der Waals surface area (Å²) in [6, 6.07) is 10.9. The van der Waals surface area contributed by atoms with Crippen LogP contribution >= 0.6 is 0 Å². The molecule has 1 aliphatic rings. The van der Waals surface area contributed by atoms with E-state index in [1.807, 2.05) is 0 Å². The lowest BCUT2D eigenvalue weighted by Gasteiger charge is -1.98. The lowest BCUT2D eigenvalue weighted by molar-refractivity contribution is -0.384. The minimum Gasteiger partial charge on any atom is -0.508 e. The molecule has 0 aliphatic heterocycles. The highest BCUT2D eigenvalue weighted by Gasteiger charge is 2.26. The van der Waals surface area contributed by atoms with E-state index in [1.54, 1.807) is 36.4 Å². The molecule has 2 aromatic rings. The molecule has 0 spiro atoms. The molecule has 2 aromatic carbocycles. The average Bonchev–Trinajstić information content (AvgIpc) is 2.78. The largest absolute Gasteiger partial charge is 0.508 e. The Morgan fingerprint density at radius 3 is 2.67 bits per heavy atom. The number of nitro benzene ring substituents is 1. The number of fused-ring (bicyclic) bond motifs is 1. The van der Waals surface area contributed by atoms with Crippen molar-refractivity contribution in [3.8, 4) is 5.75 Å². The van der Waals surface area contributed by atoms with Gasteiger partial charge in [0.05, 0.1) is 4.92 Å². The number of ketones is 1. The Hall–Kier alpha value is -2.95. The standard InChI is InChI=1S/C16H11NO4/c18-15-6-2-5-13-14(15)9-11(16(13)19)7-10-3-1-4-12(8-10)17(20)21/h1-8,18H,9H2/b11-7-. The smallest absolute Gasteiger partial charge is 0.270 e. The van der Waals surface area contributed by atoms with Crippen LogP contribution in [0.25, 0.3) is 6.08 Å². The van der Waals surface area contributed by atoms with Crippen LogP contribution in [-0.2, 0) is 6.42 Å². The van der Waals surface area contributed by atoms with Crippen molar-refractivity contribution in [3.63, 3.8) is 0 Å². The highest BCUT2D eigenvalue weighted by atomic mass is 16.6. The molecule has 5 heteroatoms. The van der Waals surface area contributed by atoms with E-state index in [9.17, 15) is 20.0 Å². The van der Waals surface area contributed by atoms with Gasteiger partial charge in [0.2, 0.25) is 0 Å². The normalized spacial score (nSPS) is 15.2. The number of phenolic OH excluding ortho intramolecular Hbond substituents is 1. The summed E-state index contributed by atoms with van der Waals surface area (Å²) in [5.74, 6) is -0.0456. The van der Waals surface area contributed by atoms with Gasteiger partial charge in [0.15, 0.2) is 5.78 Å². The molecule has 1 N–H and O–H groups in total. The molecule has 0 bridgehead atoms. The van der Waals surface area contributed by atoms with Crippen LogP contribution in [0.2, 0.25) is 0 Å². The topological polar surface area (TPSA) is 80.4 Å². The molecule has 104 valence electrons. The van der Waals surface area contributed by atoms with E-state index >= 15 is 0 Å². The van der Waals surface area contributed by atoms with Gasteiger partial charge in [0.25, 0.3) is 5.69 Å². The van der Waals surface area contributed by atoms with Crippen molar-refractivity contribution in [3.05, 3.63) is 74.8 Å². The zero-order valence-electron chi connectivity index (χ0n) is 10.9. The van der Waals surface area contributed by atoms with Crippen molar-refractivity contribution in [1.29, 1.82) is 0 Å². The van der Waals surface area contributed by atoms with E-state index in [-0.39, 0.29) is 17.2 Å². The summed E-state index contributed by atoms with van der Waals surface area (Å²) < 4.78 is 0. The molecular weight excluding hydrogens is 270 g/mol. The first-order valence-corrected chi connectivity index (χ1v) is 6.37. The molecule has 0 heterocycles. The highest BCUT2D eigenvalue weighted by molar-refractivity contribution is 6.16. The van der Waals surface area contributed by atoms with Crippen molar-refractivity contribution in [2.24, 2.45) is 0 Å². The first-order valence-electron chi connectivity index (χ1n) is 6.37. The number of phenols is 1. The van der Waals surface area contributed by atoms with Crippen molar-refractivity contribution in [2.45, 2.75) is 6.42 Å². The predicted molar refractivity (Wildman–Crippen MR) is 77.2 cm³/mol. The lowest BCUT2D eigenvalue weighted by atomic mass is 10.1. The number of benzene rings is 2. The number of hydrogen-bond acceptors (Lipinski definition) is 4. The van der Waals surface area contributed by atoms with Gasteiger partial charge >= 0.3 is 0 Å². The fourth-order valence-electron chi connectivity index (χ4n) is 2.46. The fourth-order valence-corrected chi connectivity index (χ4v) is 2.46. The highest BCUT2D eigenvalue weighted by Crippen LogP contribution is 2.33. The minimum absolute atomic E-state index is 0.0184. The molecule has 1 aliphatic carbocycles. The van der Waals surface area contributed by atoms with Crippen LogP contribution in [0.1, 0.15) is 21.5 Å². The molecule has 0 saturated carbocycles. The summed E-state index contributed by atoms with van der Waals surface area (Å²) in [7, 11) is 0. The Balaban J connectivity index is 2.00. The second kappa shape index (κ2) is 4.86. The predicted octanol–water partition coefficient (Wildman–Crippen LogP) is 3.12. The maximum absolute atomic E-state index is 12.3. The fraction of sp³-hybridized carbons (Fsp3) is 0.0625. The third-order valence-corrected chi connectivity index (χ3v) is 3.48. The van der Waals surface area contributed by atoms with Gasteiger partial charge in [-0.3, -0.25) is 14.9 Å². The molecule has 0 amide bonds. The summed E-state index contributed by atoms with van der Waals surface area (Å²) in [6.45, 7) is 0. The number of carbonyl (C=O) groups excluding carboxylic acids is 1. The van der Waals surface area contributed by atoms with Gasteiger partial charge in [-0.1, -0.05) is 24.3 Å². The molecule has 0 atom stereocenters. The average molecular weight is 281 g/mol. The van der Waals surface area contributed by atoms with Gasteiger partial charge in [-0.05, 0) is 17.7 Å². The molecule has 0 fully saturated rings. The number of Topliss-reactive ketones (excluding diaryl/α,β-unsaturated/α-hetero) is 1. The Labute approximate surface area is 120 Å². The molecule has 0 aromatic heterocycles. The number of carbonyl (C=O) groups is 1. The van der Waals surface area contributed by atoms with Gasteiger partial charge in [0, 0.05) is 35.3 Å². The van der Waals surface area contributed by atoms with Crippen molar-refractivity contribution in [1.82, 2.24) is 0 Å². The van der Waals surface area contributed by atoms with Crippen LogP contribution in [0.4, 0.5) is 5.69 Å². The first kappa shape index (κ1) is 13.1. The summed E-state index contributed by atoms with van der Waals surface area (Å²) in [5, 5.41) is 20.5. The summed E-state index contributed by atoms with van der Waals surface area (Å²) in [6.07, 6.45) is 1.97. The van der Waals surface area contributed by atoms with E-state index in [2.05, 4.69) is 0 Å². The maximum Gasteiger partial charge on any atom is 0.270 e. The number of rotatable bonds is 2. The van der Waals surface area contributed by atoms with E-state index in [0.717, 1.165) is 0 Å². The van der Waals surface area contributed by atoms with E-state index in [0.29, 0.717) is 28.7 Å². The van der Waals surface area contributed by atoms with E-state index in [1.165, 1.54) is 12.1 Å². The van der Waals surface area contributed by atoms with Crippen LogP contribution in [0, 0.1) is 10.1 Å². The molecule has 0 unspecified atom stereocenters. The Bertz CT molecular complexity index is 793. The number of hydrogen-bond donors (Lipinski definition) is 1.